The molecule has 0 saturated heterocycles. The van der Waals surface area contributed by atoms with E-state index in [9.17, 15) is 26.3 Å². The molecule has 5 aromatic carbocycles. The van der Waals surface area contributed by atoms with E-state index in [2.05, 4.69) is 144 Å². The zero-order valence-corrected chi connectivity index (χ0v) is 29.1. The van der Waals surface area contributed by atoms with Gasteiger partial charge in [-0.3, -0.25) is 4.55 Å². The Morgan fingerprint density at radius 3 is 1.29 bits per heavy atom. The average molecular weight is 857 g/mol. The van der Waals surface area contributed by atoms with Crippen molar-refractivity contribution >= 4 is 53.7 Å². The first kappa shape index (κ1) is 39.8. The number of hydrogen-bond acceptors (Lipinski definition) is 6. The third kappa shape index (κ3) is 12.0. The molecular weight excluding hydrogens is 833 g/mol. The smallest absolute Gasteiger partial charge is 0.522 e. The molecule has 260 valence electrons. The maximum absolute atomic E-state index is 10.7. The fourth-order valence-electron chi connectivity index (χ4n) is 3.70. The van der Waals surface area contributed by atoms with Crippen LogP contribution in [0.3, 0.4) is 0 Å². The van der Waals surface area contributed by atoms with Gasteiger partial charge in [-0.15, -0.1) is 0 Å². The summed E-state index contributed by atoms with van der Waals surface area (Å²) in [5.41, 5.74) is -8.75. The van der Waals surface area contributed by atoms with Crippen LogP contribution in [0.2, 0.25) is 0 Å². The molecule has 1 N–H and O–H groups in total. The minimum atomic E-state index is -6.09. The number of benzene rings is 5. The van der Waals surface area contributed by atoms with Gasteiger partial charge in [0.1, 0.15) is 11.5 Å². The van der Waals surface area contributed by atoms with Crippen LogP contribution >= 0.6 is 22.6 Å². The van der Waals surface area contributed by atoms with E-state index in [1.807, 2.05) is 12.1 Å². The zero-order chi connectivity index (χ0) is 36.5. The molecule has 49 heavy (non-hydrogen) atoms. The second kappa shape index (κ2) is 16.9. The fraction of sp³-hybridized carbons (Fsp3) is 0.0625. The summed E-state index contributed by atoms with van der Waals surface area (Å²) in [6.07, 6.45) is 0. The third-order valence-electron chi connectivity index (χ3n) is 5.87. The largest absolute Gasteiger partial charge is 0.741 e. The van der Waals surface area contributed by atoms with Crippen LogP contribution in [-0.2, 0) is 31.1 Å². The molecule has 7 nitrogen and oxygen atoms in total. The lowest BCUT2D eigenvalue weighted by molar-refractivity contribution is -0.0519. The Kier molecular flexibility index (Phi) is 13.7. The van der Waals surface area contributed by atoms with E-state index >= 15 is 0 Å². The molecule has 0 aliphatic rings. The molecule has 0 saturated carbocycles. The Balaban J connectivity index is 0.000000338. The summed E-state index contributed by atoms with van der Waals surface area (Å²) in [6.45, 7) is 0. The highest BCUT2D eigenvalue weighted by Gasteiger charge is 2.44. The van der Waals surface area contributed by atoms with Crippen LogP contribution in [0, 0.1) is 3.57 Å². The monoisotopic (exact) mass is 856 g/mol. The minimum Gasteiger partial charge on any atom is -0.741 e. The van der Waals surface area contributed by atoms with E-state index in [0.717, 1.165) is 11.5 Å². The molecule has 0 fully saturated rings. The highest BCUT2D eigenvalue weighted by atomic mass is 127. The van der Waals surface area contributed by atoms with Gasteiger partial charge in [0.05, 0.1) is 10.9 Å². The van der Waals surface area contributed by atoms with Crippen molar-refractivity contribution < 1.29 is 57.0 Å². The van der Waals surface area contributed by atoms with Crippen LogP contribution in [-0.4, -0.2) is 37.0 Å². The van der Waals surface area contributed by atoms with Crippen molar-refractivity contribution in [2.45, 2.75) is 25.7 Å². The van der Waals surface area contributed by atoms with Gasteiger partial charge in [-0.05, 0) is 100 Å². The fourth-order valence-corrected chi connectivity index (χ4v) is 6.48. The molecule has 5 aromatic rings. The standard InChI is InChI=1S/C30H22IOS.2CHF3O3S/c31-30-14-8-7-13-29(30)23-15-17-24(18-16-23)32-25-19-21-28(22-20-25)33(26-9-3-1-4-10-26)27-11-5-2-6-12-27;2*2-1(3,4)8(5,6)7/h1-22H;2*(H,5,6,7)/q+1;;/p-1. The molecule has 5 rings (SSSR count). The second-order valence-electron chi connectivity index (χ2n) is 9.33. The topological polar surface area (TPSA) is 121 Å². The van der Waals surface area contributed by atoms with Crippen molar-refractivity contribution in [1.82, 2.24) is 0 Å². The van der Waals surface area contributed by atoms with Gasteiger partial charge in [0, 0.05) is 3.57 Å². The predicted molar refractivity (Wildman–Crippen MR) is 180 cm³/mol. The molecule has 0 aliphatic heterocycles. The quantitative estimate of drug-likeness (QED) is 0.0595. The van der Waals surface area contributed by atoms with Gasteiger partial charge in [0.2, 0.25) is 0 Å². The first-order valence-electron chi connectivity index (χ1n) is 13.3. The summed E-state index contributed by atoms with van der Waals surface area (Å²) in [4.78, 5) is 3.89. The maximum atomic E-state index is 10.7. The maximum Gasteiger partial charge on any atom is 0.522 e. The predicted octanol–water partition coefficient (Wildman–Crippen LogP) is 9.29. The van der Waals surface area contributed by atoms with Gasteiger partial charge < -0.3 is 9.29 Å². The van der Waals surface area contributed by atoms with Crippen molar-refractivity contribution in [1.29, 1.82) is 0 Å². The van der Waals surface area contributed by atoms with Crippen LogP contribution in [0.25, 0.3) is 11.1 Å². The summed E-state index contributed by atoms with van der Waals surface area (Å²) in [5, 5.41) is 0. The first-order valence-corrected chi connectivity index (χ1v) is 18.5. The van der Waals surface area contributed by atoms with Gasteiger partial charge in [-0.1, -0.05) is 66.7 Å². The summed E-state index contributed by atoms with van der Waals surface area (Å²) >= 11 is 2.38. The van der Waals surface area contributed by atoms with Crippen molar-refractivity contribution in [2.24, 2.45) is 0 Å². The van der Waals surface area contributed by atoms with Crippen LogP contribution in [0.15, 0.2) is 148 Å². The number of alkyl halides is 6. The molecule has 0 bridgehead atoms. The molecule has 0 unspecified atom stereocenters. The summed E-state index contributed by atoms with van der Waals surface area (Å²) < 4.78 is 124. The number of hydrogen-bond donors (Lipinski definition) is 1. The van der Waals surface area contributed by atoms with E-state index in [-0.39, 0.29) is 10.9 Å². The number of halogens is 7. The van der Waals surface area contributed by atoms with Crippen LogP contribution < -0.4 is 4.74 Å². The summed E-state index contributed by atoms with van der Waals surface area (Å²) in [6, 6.07) is 46.6. The first-order chi connectivity index (χ1) is 22.8. The summed E-state index contributed by atoms with van der Waals surface area (Å²) in [7, 11) is -12.1. The SMILES string of the molecule is Ic1ccccc1-c1ccc(Oc2ccc([S+](c3ccccc3)c3ccccc3)cc2)cc1.O=S(=O)(O)C(F)(F)F.O=S(=O)([O-])C(F)(F)F. The third-order valence-corrected chi connectivity index (χ3v) is 10.2. The minimum absolute atomic E-state index is 0.152. The average Bonchev–Trinajstić information content (AvgIpc) is 3.03. The van der Waals surface area contributed by atoms with Crippen LogP contribution in [0.4, 0.5) is 26.3 Å². The summed E-state index contributed by atoms with van der Waals surface area (Å²) in [5.74, 6) is 1.67. The Morgan fingerprint density at radius 2 is 0.918 bits per heavy atom. The molecular formula is C32H23F6IO7S3. The van der Waals surface area contributed by atoms with Crippen molar-refractivity contribution in [2.75, 3.05) is 0 Å². The van der Waals surface area contributed by atoms with Crippen LogP contribution in [0.5, 0.6) is 11.5 Å². The van der Waals surface area contributed by atoms with E-state index in [1.165, 1.54) is 29.4 Å². The van der Waals surface area contributed by atoms with E-state index < -0.39 is 31.3 Å². The molecule has 0 aliphatic carbocycles. The zero-order valence-electron chi connectivity index (χ0n) is 24.5. The highest BCUT2D eigenvalue weighted by Crippen LogP contribution is 2.33. The molecule has 0 heterocycles. The van der Waals surface area contributed by atoms with Gasteiger partial charge in [0.25, 0.3) is 0 Å². The molecule has 0 radical (unpaired) electrons. The molecule has 0 spiro atoms. The van der Waals surface area contributed by atoms with Gasteiger partial charge >= 0.3 is 21.1 Å². The Bertz CT molecular complexity index is 1930. The molecule has 0 amide bonds. The lowest BCUT2D eigenvalue weighted by Gasteiger charge is -2.10. The van der Waals surface area contributed by atoms with E-state index in [0.29, 0.717) is 0 Å². The molecule has 0 atom stereocenters. The van der Waals surface area contributed by atoms with E-state index in [4.69, 9.17) is 30.7 Å². The Hall–Kier alpha value is -3.62. The van der Waals surface area contributed by atoms with Crippen molar-refractivity contribution in [3.63, 3.8) is 0 Å². The molecule has 17 heteroatoms. The lowest BCUT2D eigenvalue weighted by atomic mass is 10.1. The number of ether oxygens (including phenoxy) is 1. The lowest BCUT2D eigenvalue weighted by Crippen LogP contribution is -2.21. The van der Waals surface area contributed by atoms with Gasteiger partial charge in [0.15, 0.2) is 24.8 Å². The second-order valence-corrected chi connectivity index (χ2v) is 15.3. The van der Waals surface area contributed by atoms with Gasteiger partial charge in [-0.25, -0.2) is 8.42 Å². The normalized spacial score (nSPS) is 11.9. The van der Waals surface area contributed by atoms with E-state index in [1.54, 1.807) is 0 Å². The highest BCUT2D eigenvalue weighted by molar-refractivity contribution is 14.1. The Labute approximate surface area is 294 Å². The number of rotatable bonds is 6. The van der Waals surface area contributed by atoms with Crippen LogP contribution in [0.1, 0.15) is 0 Å². The Morgan fingerprint density at radius 1 is 0.571 bits per heavy atom. The van der Waals surface area contributed by atoms with Crippen molar-refractivity contribution in [3.05, 3.63) is 137 Å². The molecule has 0 aromatic heterocycles. The van der Waals surface area contributed by atoms with Crippen molar-refractivity contribution in [3.8, 4) is 22.6 Å². The van der Waals surface area contributed by atoms with Gasteiger partial charge in [-0.2, -0.15) is 34.8 Å².